The molecule has 0 radical (unpaired) electrons. The largest absolute Gasteiger partial charge is 0.338 e. The highest BCUT2D eigenvalue weighted by Gasteiger charge is 2.44. The van der Waals surface area contributed by atoms with Crippen molar-refractivity contribution in [1.82, 2.24) is 20.0 Å². The van der Waals surface area contributed by atoms with Gasteiger partial charge in [0.1, 0.15) is 0 Å². The minimum absolute atomic E-state index is 0.153. The molecule has 1 aromatic heterocycles. The Morgan fingerprint density at radius 2 is 1.96 bits per heavy atom. The van der Waals surface area contributed by atoms with Crippen LogP contribution in [-0.4, -0.2) is 39.3 Å². The minimum Gasteiger partial charge on any atom is -0.338 e. The summed E-state index contributed by atoms with van der Waals surface area (Å²) in [5, 5.41) is 7.47. The first-order valence-electron chi connectivity index (χ1n) is 9.39. The van der Waals surface area contributed by atoms with Gasteiger partial charge in [-0.25, -0.2) is 4.79 Å². The SMILES string of the molecule is Cn1nccc1C1C[C@H]2CC[C@@H](C1)N2C(=O)NCCCC(C)(C)C. The summed E-state index contributed by atoms with van der Waals surface area (Å²) in [6, 6.07) is 3.07. The molecule has 5 nitrogen and oxygen atoms in total. The number of rotatable bonds is 4. The maximum absolute atomic E-state index is 12.6. The van der Waals surface area contributed by atoms with Crippen molar-refractivity contribution in [1.29, 1.82) is 0 Å². The van der Waals surface area contributed by atoms with Crippen LogP contribution in [0.5, 0.6) is 0 Å². The van der Waals surface area contributed by atoms with Crippen molar-refractivity contribution in [2.75, 3.05) is 6.54 Å². The molecule has 2 bridgehead atoms. The van der Waals surface area contributed by atoms with E-state index in [0.29, 0.717) is 23.4 Å². The molecule has 2 fully saturated rings. The fourth-order valence-electron chi connectivity index (χ4n) is 4.44. The zero-order chi connectivity index (χ0) is 17.3. The van der Waals surface area contributed by atoms with Crippen LogP contribution >= 0.6 is 0 Å². The lowest BCUT2D eigenvalue weighted by molar-refractivity contribution is 0.136. The molecular formula is C19H32N4O. The molecule has 2 amide bonds. The normalized spacial score (nSPS) is 26.7. The van der Waals surface area contributed by atoms with E-state index in [1.807, 2.05) is 17.9 Å². The number of fused-ring (bicyclic) bond motifs is 2. The monoisotopic (exact) mass is 332 g/mol. The summed E-state index contributed by atoms with van der Waals surface area (Å²) >= 11 is 0. The van der Waals surface area contributed by atoms with Gasteiger partial charge in [-0.15, -0.1) is 0 Å². The molecule has 1 unspecified atom stereocenters. The summed E-state index contributed by atoms with van der Waals surface area (Å²) < 4.78 is 1.99. The molecule has 0 aliphatic carbocycles. The van der Waals surface area contributed by atoms with Crippen LogP contribution in [0.2, 0.25) is 0 Å². The van der Waals surface area contributed by atoms with Gasteiger partial charge >= 0.3 is 6.03 Å². The van der Waals surface area contributed by atoms with E-state index in [1.165, 1.54) is 5.69 Å². The van der Waals surface area contributed by atoms with Gasteiger partial charge in [0.15, 0.2) is 0 Å². The number of hydrogen-bond acceptors (Lipinski definition) is 2. The van der Waals surface area contributed by atoms with Gasteiger partial charge in [0.25, 0.3) is 0 Å². The van der Waals surface area contributed by atoms with E-state index in [0.717, 1.165) is 45.1 Å². The Bertz CT molecular complexity index is 560. The van der Waals surface area contributed by atoms with Crippen LogP contribution in [0.1, 0.15) is 70.9 Å². The molecule has 3 rings (SSSR count). The second-order valence-corrected chi connectivity index (χ2v) is 8.74. The fourth-order valence-corrected chi connectivity index (χ4v) is 4.44. The zero-order valence-electron chi connectivity index (χ0n) is 15.6. The third-order valence-corrected chi connectivity index (χ3v) is 5.62. The lowest BCUT2D eigenvalue weighted by Crippen LogP contribution is -2.50. The molecule has 2 aliphatic rings. The zero-order valence-corrected chi connectivity index (χ0v) is 15.6. The van der Waals surface area contributed by atoms with Gasteiger partial charge in [0, 0.05) is 43.5 Å². The van der Waals surface area contributed by atoms with Crippen LogP contribution in [0.25, 0.3) is 0 Å². The van der Waals surface area contributed by atoms with Gasteiger partial charge in [-0.05, 0) is 50.0 Å². The van der Waals surface area contributed by atoms with Crippen LogP contribution in [0.15, 0.2) is 12.3 Å². The van der Waals surface area contributed by atoms with E-state index in [9.17, 15) is 4.79 Å². The van der Waals surface area contributed by atoms with E-state index < -0.39 is 0 Å². The number of nitrogens with zero attached hydrogens (tertiary/aromatic N) is 3. The first-order valence-corrected chi connectivity index (χ1v) is 9.39. The second-order valence-electron chi connectivity index (χ2n) is 8.74. The summed E-state index contributed by atoms with van der Waals surface area (Å²) in [5.41, 5.74) is 1.66. The Morgan fingerprint density at radius 3 is 2.50 bits per heavy atom. The van der Waals surface area contributed by atoms with E-state index >= 15 is 0 Å². The Labute approximate surface area is 145 Å². The number of aryl methyl sites for hydroxylation is 1. The first kappa shape index (κ1) is 17.3. The third kappa shape index (κ3) is 3.76. The fraction of sp³-hybridized carbons (Fsp3) is 0.789. The summed E-state index contributed by atoms with van der Waals surface area (Å²) in [6.45, 7) is 7.53. The molecule has 1 aromatic rings. The lowest BCUT2D eigenvalue weighted by Gasteiger charge is -2.39. The predicted octanol–water partition coefficient (Wildman–Crippen LogP) is 3.67. The first-order chi connectivity index (χ1) is 11.3. The van der Waals surface area contributed by atoms with Gasteiger partial charge in [-0.3, -0.25) is 4.68 Å². The number of carbonyl (C=O) groups is 1. The van der Waals surface area contributed by atoms with Crippen LogP contribution in [0.4, 0.5) is 4.79 Å². The highest BCUT2D eigenvalue weighted by molar-refractivity contribution is 5.75. The van der Waals surface area contributed by atoms with Crippen LogP contribution in [-0.2, 0) is 7.05 Å². The van der Waals surface area contributed by atoms with Crippen molar-refractivity contribution in [2.45, 2.75) is 77.3 Å². The summed E-state index contributed by atoms with van der Waals surface area (Å²) in [5.74, 6) is 0.542. The number of hydrogen-bond donors (Lipinski definition) is 1. The molecule has 1 N–H and O–H groups in total. The average Bonchev–Trinajstić information content (AvgIpc) is 3.04. The Balaban J connectivity index is 1.53. The van der Waals surface area contributed by atoms with Crippen LogP contribution in [0, 0.1) is 5.41 Å². The average molecular weight is 332 g/mol. The second kappa shape index (κ2) is 6.77. The predicted molar refractivity (Wildman–Crippen MR) is 95.9 cm³/mol. The molecule has 0 spiro atoms. The van der Waals surface area contributed by atoms with Crippen molar-refractivity contribution in [3.63, 3.8) is 0 Å². The summed E-state index contributed by atoms with van der Waals surface area (Å²) in [4.78, 5) is 14.8. The molecule has 3 heterocycles. The van der Waals surface area contributed by atoms with Gasteiger partial charge in [0.05, 0.1) is 0 Å². The van der Waals surface area contributed by atoms with Crippen molar-refractivity contribution in [2.24, 2.45) is 12.5 Å². The van der Waals surface area contributed by atoms with Crippen molar-refractivity contribution in [3.8, 4) is 0 Å². The Morgan fingerprint density at radius 1 is 1.29 bits per heavy atom. The lowest BCUT2D eigenvalue weighted by atomic mass is 9.88. The molecule has 0 saturated carbocycles. The standard InChI is InChI=1S/C19H32N4O/c1-19(2,3)9-5-10-20-18(24)23-15-6-7-16(23)13-14(12-15)17-8-11-21-22(17)4/h8,11,14-16H,5-7,9-10,12-13H2,1-4H3,(H,20,24)/t14?,15-,16+. The molecule has 24 heavy (non-hydrogen) atoms. The smallest absolute Gasteiger partial charge is 0.317 e. The molecule has 134 valence electrons. The molecule has 0 aromatic carbocycles. The number of amides is 2. The molecule has 2 aliphatic heterocycles. The quantitative estimate of drug-likeness (QED) is 0.855. The van der Waals surface area contributed by atoms with Crippen LogP contribution in [0.3, 0.4) is 0 Å². The molecule has 5 heteroatoms. The van der Waals surface area contributed by atoms with E-state index in [-0.39, 0.29) is 6.03 Å². The van der Waals surface area contributed by atoms with Crippen molar-refractivity contribution < 1.29 is 4.79 Å². The summed E-state index contributed by atoms with van der Waals surface area (Å²) in [7, 11) is 2.02. The molecule has 2 saturated heterocycles. The van der Waals surface area contributed by atoms with E-state index in [4.69, 9.17) is 0 Å². The number of nitrogens with one attached hydrogen (secondary N) is 1. The minimum atomic E-state index is 0.153. The number of aromatic nitrogens is 2. The Hall–Kier alpha value is -1.52. The maximum Gasteiger partial charge on any atom is 0.317 e. The number of urea groups is 1. The highest BCUT2D eigenvalue weighted by atomic mass is 16.2. The third-order valence-electron chi connectivity index (χ3n) is 5.62. The topological polar surface area (TPSA) is 50.2 Å². The summed E-state index contributed by atoms with van der Waals surface area (Å²) in [6.07, 6.45) is 8.52. The van der Waals surface area contributed by atoms with Crippen LogP contribution < -0.4 is 5.32 Å². The maximum atomic E-state index is 12.6. The van der Waals surface area contributed by atoms with Crippen molar-refractivity contribution in [3.05, 3.63) is 18.0 Å². The molecular weight excluding hydrogens is 300 g/mol. The van der Waals surface area contributed by atoms with Gasteiger partial charge in [0.2, 0.25) is 0 Å². The molecule has 3 atom stereocenters. The Kier molecular flexibility index (Phi) is 4.88. The van der Waals surface area contributed by atoms with E-state index in [2.05, 4.69) is 42.2 Å². The van der Waals surface area contributed by atoms with Gasteiger partial charge < -0.3 is 10.2 Å². The number of carbonyl (C=O) groups excluding carboxylic acids is 1. The highest BCUT2D eigenvalue weighted by Crippen LogP contribution is 2.42. The van der Waals surface area contributed by atoms with Gasteiger partial charge in [-0.2, -0.15) is 5.10 Å². The van der Waals surface area contributed by atoms with E-state index in [1.54, 1.807) is 0 Å². The number of piperidine rings is 1. The van der Waals surface area contributed by atoms with Crippen molar-refractivity contribution >= 4 is 6.03 Å². The van der Waals surface area contributed by atoms with Gasteiger partial charge in [-0.1, -0.05) is 20.8 Å².